The lowest BCUT2D eigenvalue weighted by atomic mass is 10.1. The van der Waals surface area contributed by atoms with E-state index in [1.165, 1.54) is 0 Å². The smallest absolute Gasteiger partial charge is 0.338 e. The molecule has 0 radical (unpaired) electrons. The number of nitrogens with zero attached hydrogens (tertiary/aromatic N) is 4. The van der Waals surface area contributed by atoms with Gasteiger partial charge in [0, 0.05) is 119 Å². The summed E-state index contributed by atoms with van der Waals surface area (Å²) < 4.78 is -1.75. The normalized spacial score (nSPS) is 13.0. The van der Waals surface area contributed by atoms with Crippen molar-refractivity contribution in [2.45, 2.75) is 33.6 Å². The maximum Gasteiger partial charge on any atom is 0.338 e. The van der Waals surface area contributed by atoms with E-state index < -0.39 is 104 Å². The van der Waals surface area contributed by atoms with E-state index in [9.17, 15) is 90.0 Å². The van der Waals surface area contributed by atoms with E-state index in [4.69, 9.17) is 35.4 Å². The van der Waals surface area contributed by atoms with Crippen LogP contribution >= 0.6 is 188 Å². The third-order valence-electron chi connectivity index (χ3n) is 13.5. The van der Waals surface area contributed by atoms with E-state index in [2.05, 4.69) is 188 Å². The lowest BCUT2D eigenvalue weighted by Crippen LogP contribution is -2.45. The van der Waals surface area contributed by atoms with Crippen LogP contribution in [-0.4, -0.2) is 206 Å². The van der Waals surface area contributed by atoms with Gasteiger partial charge in [0.05, 0.1) is 100 Å². The highest BCUT2D eigenvalue weighted by atomic mass is 80.9. The summed E-state index contributed by atoms with van der Waals surface area (Å²) >= 11 is 36.3. The number of carboxylic acid groups (broad SMARTS) is 6. The third kappa shape index (κ3) is 21.5. The number of phenolic OH excluding ortho intramolecular Hbond substituents is 12. The highest BCUT2D eigenvalue weighted by molar-refractivity contribution is 9.93. The Bertz CT molecular complexity index is 3460. The van der Waals surface area contributed by atoms with Gasteiger partial charge in [-0.25, -0.2) is 28.8 Å². The Hall–Kier alpha value is -4.99. The quantitative estimate of drug-likeness (QED) is 0.0481. The molecule has 18 N–H and O–H groups in total. The largest absolute Gasteiger partial charge is 0.508 e. The molecule has 1 aliphatic heterocycles. The molecule has 0 aliphatic carbocycles. The molecule has 0 spiro atoms. The van der Waals surface area contributed by atoms with Crippen LogP contribution in [0.1, 0.15) is 91.8 Å². The zero-order chi connectivity index (χ0) is 73.6. The number of hydrogen-bond donors (Lipinski definition) is 18. The molecule has 7 rings (SSSR count). The molecule has 1 heterocycles. The SMILES string of the molecule is BrBr.C.C=O.O=C(O)c1c(Br)c(O)c(CN2CCN(Cc3c(O)c(Br)c(C(=O)O)c(Br)c3O)CCN(Cc3c(O)c(Br)c(C(=O)O)c(Br)c3O)CCN(Cc3c(O)c(Br)c(C(=O)O)c(Br)c3O)CC2)c(O)c1Br.O=C(O)c1c(Br)c(O)cc(O)c1Br.O=C(O)c1cc(O)cc(O)c1. The third-order valence-corrected chi connectivity index (χ3v) is 21.3. The van der Waals surface area contributed by atoms with E-state index in [0.717, 1.165) is 24.3 Å². The average Bonchev–Trinajstić information content (AvgIpc) is 0.808. The fourth-order valence-electron chi connectivity index (χ4n) is 8.81. The van der Waals surface area contributed by atoms with Crippen LogP contribution in [0.4, 0.5) is 0 Å². The summed E-state index contributed by atoms with van der Waals surface area (Å²) in [6, 6.07) is 4.22. The first-order chi connectivity index (χ1) is 44.8. The summed E-state index contributed by atoms with van der Waals surface area (Å²) in [4.78, 5) is 84.2. The number of carbonyl (C=O) groups is 7. The van der Waals surface area contributed by atoms with E-state index >= 15 is 0 Å². The van der Waals surface area contributed by atoms with Crippen molar-refractivity contribution in [3.63, 3.8) is 0 Å². The van der Waals surface area contributed by atoms with Crippen LogP contribution in [0.3, 0.4) is 0 Å². The Morgan fingerprint density at radius 3 is 0.619 bits per heavy atom. The zero-order valence-electron chi connectivity index (χ0n) is 47.7. The minimum Gasteiger partial charge on any atom is -0.508 e. The molecule has 530 valence electrons. The molecule has 6 aromatic rings. The van der Waals surface area contributed by atoms with E-state index in [-0.39, 0.29) is 187 Å². The molecule has 0 amide bonds. The van der Waals surface area contributed by atoms with Crippen molar-refractivity contribution >= 4 is 230 Å². The van der Waals surface area contributed by atoms with Gasteiger partial charge >= 0.3 is 35.8 Å². The highest BCUT2D eigenvalue weighted by Gasteiger charge is 2.33. The monoisotopic (exact) mass is 2130 g/mol. The van der Waals surface area contributed by atoms with Gasteiger partial charge in [0.25, 0.3) is 0 Å². The maximum absolute atomic E-state index is 12.0. The summed E-state index contributed by atoms with van der Waals surface area (Å²) in [5, 5.41) is 182. The van der Waals surface area contributed by atoms with Gasteiger partial charge < -0.3 is 96.7 Å². The molecule has 29 nitrogen and oxygen atoms in total. The minimum atomic E-state index is -1.46. The van der Waals surface area contributed by atoms with Crippen LogP contribution in [0.5, 0.6) is 69.0 Å². The van der Waals surface area contributed by atoms with Crippen LogP contribution in [0.2, 0.25) is 0 Å². The first kappa shape index (κ1) is 88.1. The van der Waals surface area contributed by atoms with Crippen molar-refractivity contribution in [2.75, 3.05) is 52.4 Å². The molecule has 0 aromatic heterocycles. The van der Waals surface area contributed by atoms with Crippen molar-refractivity contribution < 1.29 is 125 Å². The predicted molar refractivity (Wildman–Crippen MR) is 390 cm³/mol. The lowest BCUT2D eigenvalue weighted by Gasteiger charge is -2.35. The number of aromatic hydroxyl groups is 12. The molecule has 0 unspecified atom stereocenters. The summed E-state index contributed by atoms with van der Waals surface area (Å²) in [5.74, 6) is -14.1. The number of carbonyl (C=O) groups excluding carboxylic acids is 1. The molecule has 1 fully saturated rings. The van der Waals surface area contributed by atoms with Crippen LogP contribution < -0.4 is 0 Å². The van der Waals surface area contributed by atoms with Gasteiger partial charge in [-0.3, -0.25) is 19.6 Å². The van der Waals surface area contributed by atoms with E-state index in [1.54, 1.807) is 19.6 Å². The minimum absolute atomic E-state index is 0. The molecule has 41 heteroatoms. The van der Waals surface area contributed by atoms with Gasteiger partial charge in [-0.2, -0.15) is 0 Å². The van der Waals surface area contributed by atoms with Crippen molar-refractivity contribution in [3.8, 4) is 69.0 Å². The van der Waals surface area contributed by atoms with Crippen molar-refractivity contribution in [1.82, 2.24) is 19.6 Å². The Morgan fingerprint density at radius 2 is 0.464 bits per heavy atom. The van der Waals surface area contributed by atoms with E-state index in [0.29, 0.717) is 0 Å². The number of benzene rings is 6. The van der Waals surface area contributed by atoms with Crippen LogP contribution in [0.25, 0.3) is 0 Å². The molecule has 6 aromatic carbocycles. The number of carboxylic acids is 6. The summed E-state index contributed by atoms with van der Waals surface area (Å²) in [6.45, 7) is 1.65. The zero-order valence-corrected chi connectivity index (χ0v) is 66.8. The van der Waals surface area contributed by atoms with Gasteiger partial charge in [0.2, 0.25) is 0 Å². The molecule has 1 saturated heterocycles. The molecule has 97 heavy (non-hydrogen) atoms. The van der Waals surface area contributed by atoms with Gasteiger partial charge in [-0.05, 0) is 171 Å². The number of phenols is 12. The Morgan fingerprint density at radius 1 is 0.299 bits per heavy atom. The fraction of sp³-hybridized carbons (Fsp3) is 0.232. The highest BCUT2D eigenvalue weighted by Crippen LogP contribution is 2.49. The van der Waals surface area contributed by atoms with Crippen LogP contribution in [-0.2, 0) is 31.0 Å². The fourth-order valence-corrected chi connectivity index (χ4v) is 16.0. The average molecular weight is 2140 g/mol. The topological polar surface area (TPSA) is 497 Å². The first-order valence-corrected chi connectivity index (χ1v) is 37.2. The first-order valence-electron chi connectivity index (χ1n) is 25.6. The van der Waals surface area contributed by atoms with Crippen molar-refractivity contribution in [2.24, 2.45) is 0 Å². The number of rotatable bonds is 14. The molecular weight excluding hydrogens is 2090 g/mol. The summed E-state index contributed by atoms with van der Waals surface area (Å²) in [6.07, 6.45) is 0. The van der Waals surface area contributed by atoms with Crippen molar-refractivity contribution in [1.29, 1.82) is 0 Å². The Labute approximate surface area is 647 Å². The van der Waals surface area contributed by atoms with Gasteiger partial charge in [0.15, 0.2) is 0 Å². The maximum atomic E-state index is 12.0. The van der Waals surface area contributed by atoms with E-state index in [1.807, 2.05) is 6.79 Å². The summed E-state index contributed by atoms with van der Waals surface area (Å²) in [7, 11) is 0. The number of aromatic carboxylic acids is 6. The molecular formula is C56H52Br12N4O25. The molecule has 1 aliphatic rings. The van der Waals surface area contributed by atoms with Crippen molar-refractivity contribution in [3.05, 3.63) is 125 Å². The number of halogens is 12. The van der Waals surface area contributed by atoms with Crippen LogP contribution in [0, 0.1) is 0 Å². The predicted octanol–water partition coefficient (Wildman–Crippen LogP) is 13.8. The van der Waals surface area contributed by atoms with Gasteiger partial charge in [0.1, 0.15) is 75.8 Å². The summed E-state index contributed by atoms with van der Waals surface area (Å²) in [5.41, 5.74) is -2.49. The Balaban J connectivity index is 0.000000910. The molecule has 0 saturated carbocycles. The van der Waals surface area contributed by atoms with Gasteiger partial charge in [-0.15, -0.1) is 0 Å². The Kier molecular flexibility index (Phi) is 35.7. The molecule has 0 atom stereocenters. The second-order valence-corrected chi connectivity index (χ2v) is 27.2. The second kappa shape index (κ2) is 39.3. The number of hydrogen-bond acceptors (Lipinski definition) is 23. The van der Waals surface area contributed by atoms with Gasteiger partial charge in [-0.1, -0.05) is 7.43 Å². The van der Waals surface area contributed by atoms with Crippen LogP contribution in [0.15, 0.2) is 69.0 Å². The lowest BCUT2D eigenvalue weighted by molar-refractivity contribution is -0.0980. The standard InChI is InChI=1S/C40H36Br8N4O16.C7H4Br2O4.C7H6O4.CH2O.CH4.Br2/c41-21-17(37(61)62)22(42)30(54)13(29(21)53)9-49-1-2-50(10-14-31(55)23(43)18(38(63)64)24(44)32(14)56)5-6-52(12-16-35(59)27(47)20(40(67)68)28(48)36(16)60)8-7-51(4-3-49)11-15-33(57)25(45)19(39(65)66)26(46)34(15)58;8-5-2(10)1-3(11)6(9)4(5)7(12)13;8-5-1-4(7(10)11)2-6(9)3-5;1-2;;1-2/h53-60H,1-12H2,(H,61,62)(H,63,64)(H,65,66)(H,67,68);1,10-11H,(H,12,13);1-3,8-9H,(H,10,11);1H2;1H4;. The second-order valence-electron chi connectivity index (χ2n) is 19.3. The molecule has 0 bridgehead atoms.